The summed E-state index contributed by atoms with van der Waals surface area (Å²) in [6.07, 6.45) is 8.29. The molecule has 0 spiro atoms. The van der Waals surface area contributed by atoms with E-state index in [0.29, 0.717) is 12.0 Å². The molecule has 0 aliphatic heterocycles. The summed E-state index contributed by atoms with van der Waals surface area (Å²) in [4.78, 5) is 40.0. The van der Waals surface area contributed by atoms with Gasteiger partial charge in [-0.25, -0.2) is 0 Å². The standard InChI is InChI=1S/C26H34O7P2/c1-21(2)8-7-9-22(3)18-19-33-26(34(27,28)29,35(30,31)32)20-25-16-14-24(15-17-25)13-12-23-10-5-4-6-11-23/h4-6,8,10-18H,7,9,19-20H2,1-3H3,(H2,27,28,29)(H2,30,31,32)/b13-12+,22-18+. The summed E-state index contributed by atoms with van der Waals surface area (Å²) in [5.74, 6) is 0. The number of allylic oxidation sites excluding steroid dienone is 3. The van der Waals surface area contributed by atoms with Gasteiger partial charge in [0.05, 0.1) is 6.61 Å². The second-order valence-electron chi connectivity index (χ2n) is 8.68. The Labute approximate surface area is 207 Å². The van der Waals surface area contributed by atoms with Gasteiger partial charge in [-0.3, -0.25) is 9.13 Å². The van der Waals surface area contributed by atoms with Crippen LogP contribution in [-0.4, -0.2) is 31.3 Å². The highest BCUT2D eigenvalue weighted by molar-refractivity contribution is 7.72. The predicted octanol–water partition coefficient (Wildman–Crippen LogP) is 6.12. The van der Waals surface area contributed by atoms with Crippen LogP contribution in [0.4, 0.5) is 0 Å². The first kappa shape index (κ1) is 29.2. The molecule has 0 bridgehead atoms. The van der Waals surface area contributed by atoms with E-state index in [1.54, 1.807) is 30.3 Å². The molecule has 2 aromatic rings. The lowest BCUT2D eigenvalue weighted by Gasteiger charge is -2.34. The molecule has 7 nitrogen and oxygen atoms in total. The molecule has 4 N–H and O–H groups in total. The van der Waals surface area contributed by atoms with Crippen LogP contribution in [0.25, 0.3) is 12.2 Å². The molecule has 0 amide bonds. The lowest BCUT2D eigenvalue weighted by atomic mass is 10.1. The topological polar surface area (TPSA) is 124 Å². The molecule has 9 heteroatoms. The molecular formula is C26H34O7P2. The molecule has 0 fully saturated rings. The fourth-order valence-corrected chi connectivity index (χ4v) is 5.99. The van der Waals surface area contributed by atoms with Crippen molar-refractivity contribution in [2.24, 2.45) is 0 Å². The van der Waals surface area contributed by atoms with Crippen LogP contribution in [0.15, 0.2) is 77.9 Å². The molecule has 0 atom stereocenters. The molecular weight excluding hydrogens is 486 g/mol. The third-order valence-electron chi connectivity index (χ3n) is 5.43. The molecule has 190 valence electrons. The highest BCUT2D eigenvalue weighted by Gasteiger charge is 2.61. The molecule has 2 aromatic carbocycles. The summed E-state index contributed by atoms with van der Waals surface area (Å²) in [6, 6.07) is 16.3. The van der Waals surface area contributed by atoms with Gasteiger partial charge in [-0.2, -0.15) is 0 Å². The number of benzene rings is 2. The Morgan fingerprint density at radius 2 is 1.37 bits per heavy atom. The molecule has 0 saturated carbocycles. The number of hydrogen-bond acceptors (Lipinski definition) is 3. The Bertz CT molecular complexity index is 1110. The van der Waals surface area contributed by atoms with Crippen LogP contribution in [0.1, 0.15) is 50.3 Å². The van der Waals surface area contributed by atoms with Crippen molar-refractivity contribution in [1.82, 2.24) is 0 Å². The van der Waals surface area contributed by atoms with Gasteiger partial charge in [0.2, 0.25) is 0 Å². The third-order valence-corrected chi connectivity index (χ3v) is 9.39. The molecule has 0 heterocycles. The molecule has 0 aromatic heterocycles. The smallest absolute Gasteiger partial charge is 0.347 e. The second-order valence-corrected chi connectivity index (χ2v) is 12.6. The Morgan fingerprint density at radius 1 is 0.829 bits per heavy atom. The van der Waals surface area contributed by atoms with Crippen LogP contribution < -0.4 is 0 Å². The SMILES string of the molecule is CC(C)=CCC/C(C)=C/COC(Cc1ccc(/C=C/c2ccccc2)cc1)(P(=O)(O)O)P(=O)(O)O. The Balaban J connectivity index is 2.23. The first-order valence-electron chi connectivity index (χ1n) is 11.2. The summed E-state index contributed by atoms with van der Waals surface area (Å²) in [6.45, 7) is 5.47. The van der Waals surface area contributed by atoms with Gasteiger partial charge in [0.1, 0.15) is 0 Å². The van der Waals surface area contributed by atoms with E-state index in [4.69, 9.17) is 4.74 Å². The summed E-state index contributed by atoms with van der Waals surface area (Å²) in [5.41, 5.74) is 4.24. The highest BCUT2D eigenvalue weighted by Crippen LogP contribution is 2.70. The zero-order valence-electron chi connectivity index (χ0n) is 20.2. The van der Waals surface area contributed by atoms with Gasteiger partial charge in [0.25, 0.3) is 5.08 Å². The summed E-state index contributed by atoms with van der Waals surface area (Å²) < 4.78 is 30.1. The van der Waals surface area contributed by atoms with Crippen molar-refractivity contribution in [2.45, 2.75) is 45.1 Å². The minimum Gasteiger partial charge on any atom is -0.347 e. The Kier molecular flexibility index (Phi) is 10.6. The maximum absolute atomic E-state index is 12.4. The van der Waals surface area contributed by atoms with Gasteiger partial charge < -0.3 is 24.3 Å². The van der Waals surface area contributed by atoms with E-state index in [1.165, 1.54) is 5.57 Å². The average molecular weight is 520 g/mol. The van der Waals surface area contributed by atoms with Gasteiger partial charge in [0.15, 0.2) is 0 Å². The lowest BCUT2D eigenvalue weighted by Crippen LogP contribution is -2.35. The van der Waals surface area contributed by atoms with E-state index in [0.717, 1.165) is 23.1 Å². The number of rotatable bonds is 12. The maximum atomic E-state index is 12.4. The fraction of sp³-hybridized carbons (Fsp3) is 0.308. The van der Waals surface area contributed by atoms with E-state index in [2.05, 4.69) is 6.08 Å². The van der Waals surface area contributed by atoms with Crippen LogP contribution in [0.5, 0.6) is 0 Å². The Morgan fingerprint density at radius 3 is 1.89 bits per heavy atom. The Hall–Kier alpha value is -2.08. The molecule has 0 unspecified atom stereocenters. The van der Waals surface area contributed by atoms with Crippen molar-refractivity contribution in [3.05, 3.63) is 94.6 Å². The van der Waals surface area contributed by atoms with Crippen LogP contribution >= 0.6 is 15.2 Å². The predicted molar refractivity (Wildman–Crippen MR) is 141 cm³/mol. The van der Waals surface area contributed by atoms with Crippen molar-refractivity contribution in [2.75, 3.05) is 6.61 Å². The minimum atomic E-state index is -5.39. The van der Waals surface area contributed by atoms with Gasteiger partial charge in [-0.05, 0) is 50.3 Å². The monoisotopic (exact) mass is 520 g/mol. The molecule has 2 rings (SSSR count). The maximum Gasteiger partial charge on any atom is 0.370 e. The van der Waals surface area contributed by atoms with Crippen molar-refractivity contribution in [3.63, 3.8) is 0 Å². The molecule has 0 aliphatic carbocycles. The van der Waals surface area contributed by atoms with Gasteiger partial charge in [-0.1, -0.05) is 90.0 Å². The molecule has 35 heavy (non-hydrogen) atoms. The van der Waals surface area contributed by atoms with Crippen LogP contribution in [0, 0.1) is 0 Å². The zero-order chi connectivity index (χ0) is 26.1. The fourth-order valence-electron chi connectivity index (χ4n) is 3.37. The van der Waals surface area contributed by atoms with Crippen molar-refractivity contribution in [1.29, 1.82) is 0 Å². The van der Waals surface area contributed by atoms with E-state index in [1.807, 2.05) is 63.3 Å². The van der Waals surface area contributed by atoms with Crippen molar-refractivity contribution >= 4 is 27.3 Å². The minimum absolute atomic E-state index is 0.331. The largest absolute Gasteiger partial charge is 0.370 e. The summed E-state index contributed by atoms with van der Waals surface area (Å²) in [5, 5.41) is -2.97. The summed E-state index contributed by atoms with van der Waals surface area (Å²) in [7, 11) is -10.8. The first-order chi connectivity index (χ1) is 16.3. The number of ether oxygens (including phenoxy) is 1. The zero-order valence-corrected chi connectivity index (χ0v) is 22.0. The quantitative estimate of drug-likeness (QED) is 0.151. The van der Waals surface area contributed by atoms with E-state index in [9.17, 15) is 28.7 Å². The van der Waals surface area contributed by atoms with Crippen molar-refractivity contribution < 1.29 is 33.4 Å². The van der Waals surface area contributed by atoms with Gasteiger partial charge in [0, 0.05) is 6.42 Å². The first-order valence-corrected chi connectivity index (χ1v) is 14.4. The van der Waals surface area contributed by atoms with Crippen LogP contribution in [0.3, 0.4) is 0 Å². The van der Waals surface area contributed by atoms with Crippen molar-refractivity contribution in [3.8, 4) is 0 Å². The lowest BCUT2D eigenvalue weighted by molar-refractivity contribution is 0.0540. The van der Waals surface area contributed by atoms with E-state index < -0.39 is 26.7 Å². The number of hydrogen-bond donors (Lipinski definition) is 4. The second kappa shape index (κ2) is 12.8. The molecule has 0 saturated heterocycles. The van der Waals surface area contributed by atoms with Gasteiger partial charge >= 0.3 is 15.2 Å². The van der Waals surface area contributed by atoms with E-state index in [-0.39, 0.29) is 6.61 Å². The van der Waals surface area contributed by atoms with E-state index >= 15 is 0 Å². The third kappa shape index (κ3) is 8.82. The normalized spacial score (nSPS) is 13.3. The van der Waals surface area contributed by atoms with Crippen LogP contribution in [-0.2, 0) is 20.3 Å². The average Bonchev–Trinajstić information content (AvgIpc) is 2.76. The molecule has 0 radical (unpaired) electrons. The van der Waals surface area contributed by atoms with Crippen LogP contribution in [0.2, 0.25) is 0 Å². The van der Waals surface area contributed by atoms with Gasteiger partial charge in [-0.15, -0.1) is 0 Å². The highest BCUT2D eigenvalue weighted by atomic mass is 31.2. The molecule has 0 aliphatic rings. The summed E-state index contributed by atoms with van der Waals surface area (Å²) >= 11 is 0.